The normalized spacial score (nSPS) is 19.4. The highest BCUT2D eigenvalue weighted by atomic mass is 16.3. The van der Waals surface area contributed by atoms with E-state index >= 15 is 0 Å². The van der Waals surface area contributed by atoms with Crippen LogP contribution in [0.25, 0.3) is 22.2 Å². The first-order chi connectivity index (χ1) is 14.6. The summed E-state index contributed by atoms with van der Waals surface area (Å²) in [5, 5.41) is 10.0. The van der Waals surface area contributed by atoms with Crippen LogP contribution in [-0.2, 0) is 0 Å². The zero-order chi connectivity index (χ0) is 20.8. The monoisotopic (exact) mass is 400 g/mol. The smallest absolute Gasteiger partial charge is 0.198 e. The van der Waals surface area contributed by atoms with Crippen LogP contribution in [0.3, 0.4) is 0 Å². The molecule has 5 rings (SSSR count). The molecule has 2 heterocycles. The van der Waals surface area contributed by atoms with Crippen LogP contribution in [0.2, 0.25) is 0 Å². The Labute approximate surface area is 177 Å². The van der Waals surface area contributed by atoms with Gasteiger partial charge in [-0.1, -0.05) is 36.8 Å². The van der Waals surface area contributed by atoms with E-state index in [4.69, 9.17) is 9.40 Å². The van der Waals surface area contributed by atoms with Crippen molar-refractivity contribution >= 4 is 16.8 Å². The first kappa shape index (κ1) is 19.1. The molecule has 1 aliphatic heterocycles. The fourth-order valence-electron chi connectivity index (χ4n) is 4.85. The molecule has 0 amide bonds. The van der Waals surface area contributed by atoms with Gasteiger partial charge < -0.3 is 14.2 Å². The van der Waals surface area contributed by atoms with Gasteiger partial charge in [0.2, 0.25) is 0 Å². The van der Waals surface area contributed by atoms with Crippen molar-refractivity contribution < 1.29 is 4.42 Å². The Kier molecular flexibility index (Phi) is 4.75. The van der Waals surface area contributed by atoms with Crippen molar-refractivity contribution in [1.82, 2.24) is 9.88 Å². The SMILES string of the molecule is Cc1c(-c2ccccc2)c(N2CCC(N(C)C)C2)c2oc(C3CCC3)nc2c1C#N. The van der Waals surface area contributed by atoms with Gasteiger partial charge in [0, 0.05) is 30.6 Å². The maximum absolute atomic E-state index is 10.0. The second kappa shape index (κ2) is 7.45. The molecule has 1 unspecified atom stereocenters. The lowest BCUT2D eigenvalue weighted by Gasteiger charge is -2.26. The number of hydrogen-bond donors (Lipinski definition) is 0. The van der Waals surface area contributed by atoms with Crippen molar-refractivity contribution in [3.05, 3.63) is 47.3 Å². The van der Waals surface area contributed by atoms with Gasteiger partial charge in [-0.25, -0.2) is 4.98 Å². The predicted octanol–water partition coefficient (Wildman–Crippen LogP) is 5.08. The first-order valence-electron chi connectivity index (χ1n) is 10.9. The number of benzene rings is 2. The van der Waals surface area contributed by atoms with E-state index < -0.39 is 0 Å². The van der Waals surface area contributed by atoms with Gasteiger partial charge in [0.25, 0.3) is 0 Å². The van der Waals surface area contributed by atoms with Crippen molar-refractivity contribution in [3.8, 4) is 17.2 Å². The molecular formula is C25H28N4O. The van der Waals surface area contributed by atoms with Gasteiger partial charge in [-0.15, -0.1) is 0 Å². The highest BCUT2D eigenvalue weighted by Gasteiger charge is 2.33. The summed E-state index contributed by atoms with van der Waals surface area (Å²) in [5.74, 6) is 1.20. The summed E-state index contributed by atoms with van der Waals surface area (Å²) >= 11 is 0. The molecule has 30 heavy (non-hydrogen) atoms. The lowest BCUT2D eigenvalue weighted by Crippen LogP contribution is -2.31. The third kappa shape index (κ3) is 2.98. The Morgan fingerprint density at radius 3 is 2.53 bits per heavy atom. The van der Waals surface area contributed by atoms with Crippen LogP contribution in [0.15, 0.2) is 34.7 Å². The minimum absolute atomic E-state index is 0.394. The summed E-state index contributed by atoms with van der Waals surface area (Å²) in [5.41, 5.74) is 6.50. The maximum Gasteiger partial charge on any atom is 0.198 e. The summed E-state index contributed by atoms with van der Waals surface area (Å²) in [6.45, 7) is 3.98. The van der Waals surface area contributed by atoms with Crippen LogP contribution in [0.1, 0.15) is 48.6 Å². The Balaban J connectivity index is 1.78. The fraction of sp³-hybridized carbons (Fsp3) is 0.440. The van der Waals surface area contributed by atoms with Crippen molar-refractivity contribution in [3.63, 3.8) is 0 Å². The molecule has 0 spiro atoms. The quantitative estimate of drug-likeness (QED) is 0.611. The minimum atomic E-state index is 0.394. The summed E-state index contributed by atoms with van der Waals surface area (Å²) in [6.07, 6.45) is 4.60. The lowest BCUT2D eigenvalue weighted by molar-refractivity contribution is 0.315. The van der Waals surface area contributed by atoms with E-state index in [0.717, 1.165) is 71.7 Å². The van der Waals surface area contributed by atoms with Gasteiger partial charge in [-0.05, 0) is 51.4 Å². The maximum atomic E-state index is 10.0. The van der Waals surface area contributed by atoms with Crippen LogP contribution in [-0.4, -0.2) is 43.1 Å². The van der Waals surface area contributed by atoms with Crippen molar-refractivity contribution in [2.45, 2.75) is 44.6 Å². The number of hydrogen-bond acceptors (Lipinski definition) is 5. The number of likely N-dealkylation sites (N-methyl/N-ethyl adjacent to an activating group) is 1. The summed E-state index contributed by atoms with van der Waals surface area (Å²) in [7, 11) is 4.30. The van der Waals surface area contributed by atoms with Gasteiger partial charge in [0.1, 0.15) is 11.6 Å². The van der Waals surface area contributed by atoms with E-state index in [-0.39, 0.29) is 0 Å². The average Bonchev–Trinajstić information content (AvgIpc) is 3.34. The molecule has 2 aromatic carbocycles. The molecular weight excluding hydrogens is 372 g/mol. The summed E-state index contributed by atoms with van der Waals surface area (Å²) < 4.78 is 6.45. The Bertz CT molecular complexity index is 1120. The van der Waals surface area contributed by atoms with Crippen molar-refractivity contribution in [1.29, 1.82) is 5.26 Å². The third-order valence-electron chi connectivity index (χ3n) is 6.92. The third-order valence-corrected chi connectivity index (χ3v) is 6.92. The van der Waals surface area contributed by atoms with Gasteiger partial charge in [-0.2, -0.15) is 5.26 Å². The molecule has 0 radical (unpaired) electrons. The molecule has 1 saturated heterocycles. The Morgan fingerprint density at radius 1 is 1.17 bits per heavy atom. The van der Waals surface area contributed by atoms with Gasteiger partial charge in [0.15, 0.2) is 11.5 Å². The molecule has 5 heteroatoms. The zero-order valence-corrected chi connectivity index (χ0v) is 18.0. The van der Waals surface area contributed by atoms with Crippen LogP contribution < -0.4 is 4.90 Å². The number of nitriles is 1. The van der Waals surface area contributed by atoms with Crippen molar-refractivity contribution in [2.75, 3.05) is 32.1 Å². The molecule has 5 nitrogen and oxygen atoms in total. The van der Waals surface area contributed by atoms with Crippen molar-refractivity contribution in [2.24, 2.45) is 0 Å². The predicted molar refractivity (Wildman–Crippen MR) is 120 cm³/mol. The number of nitrogens with zero attached hydrogens (tertiary/aromatic N) is 4. The van der Waals surface area contributed by atoms with Crippen LogP contribution >= 0.6 is 0 Å². The molecule has 1 aromatic heterocycles. The molecule has 0 bridgehead atoms. The number of rotatable bonds is 4. The number of oxazole rings is 1. The topological polar surface area (TPSA) is 56.3 Å². The average molecular weight is 401 g/mol. The van der Waals surface area contributed by atoms with E-state index in [1.165, 1.54) is 6.42 Å². The molecule has 3 aromatic rings. The first-order valence-corrected chi connectivity index (χ1v) is 10.9. The second-order valence-corrected chi connectivity index (χ2v) is 8.91. The van der Waals surface area contributed by atoms with Gasteiger partial charge in [-0.3, -0.25) is 0 Å². The van der Waals surface area contributed by atoms with E-state index in [0.29, 0.717) is 17.5 Å². The van der Waals surface area contributed by atoms with Gasteiger partial charge >= 0.3 is 0 Å². The molecule has 1 atom stereocenters. The highest BCUT2D eigenvalue weighted by Crippen LogP contribution is 2.46. The molecule has 0 N–H and O–H groups in total. The van der Waals surface area contributed by atoms with E-state index in [9.17, 15) is 5.26 Å². The molecule has 1 aliphatic carbocycles. The number of anilines is 1. The van der Waals surface area contributed by atoms with Crippen LogP contribution in [0.4, 0.5) is 5.69 Å². The summed E-state index contributed by atoms with van der Waals surface area (Å²) in [6, 6.07) is 13.3. The van der Waals surface area contributed by atoms with Crippen LogP contribution in [0.5, 0.6) is 0 Å². The number of aromatic nitrogens is 1. The highest BCUT2D eigenvalue weighted by molar-refractivity contribution is 6.02. The molecule has 2 fully saturated rings. The fourth-order valence-corrected chi connectivity index (χ4v) is 4.85. The van der Waals surface area contributed by atoms with Crippen LogP contribution in [0, 0.1) is 18.3 Å². The summed E-state index contributed by atoms with van der Waals surface area (Å²) in [4.78, 5) is 9.61. The molecule has 154 valence electrons. The second-order valence-electron chi connectivity index (χ2n) is 8.91. The van der Waals surface area contributed by atoms with Gasteiger partial charge in [0.05, 0.1) is 11.3 Å². The lowest BCUT2D eigenvalue weighted by atomic mass is 9.85. The number of fused-ring (bicyclic) bond motifs is 1. The largest absolute Gasteiger partial charge is 0.438 e. The van der Waals surface area contributed by atoms with E-state index in [1.807, 2.05) is 6.07 Å². The van der Waals surface area contributed by atoms with E-state index in [1.54, 1.807) is 0 Å². The minimum Gasteiger partial charge on any atom is -0.438 e. The molecule has 1 saturated carbocycles. The standard InChI is InChI=1S/C25H28N4O/c1-16-20(14-26)22-24(30-25(27-22)18-10-7-11-18)23(21(16)17-8-5-4-6-9-17)29-13-12-19(15-29)28(2)3/h4-6,8-9,18-19H,7,10-13,15H2,1-3H3. The Hall–Kier alpha value is -2.84. The zero-order valence-electron chi connectivity index (χ0n) is 18.0. The molecule has 2 aliphatic rings. The Morgan fingerprint density at radius 2 is 1.93 bits per heavy atom. The van der Waals surface area contributed by atoms with E-state index in [2.05, 4.69) is 61.2 Å².